The molecular weight excluding hydrogens is 342 g/mol. The smallest absolute Gasteiger partial charge is 0.332 e. The number of carbonyl (C=O) groups is 1. The highest BCUT2D eigenvalue weighted by atomic mass is 16.5. The zero-order chi connectivity index (χ0) is 19.6. The number of urea groups is 1. The molecule has 0 saturated heterocycles. The molecule has 0 spiro atoms. The van der Waals surface area contributed by atoms with Crippen LogP contribution in [0.15, 0.2) is 47.6 Å². The molecule has 0 bridgehead atoms. The van der Waals surface area contributed by atoms with E-state index < -0.39 is 6.03 Å². The Kier molecular flexibility index (Phi) is 7.67. The van der Waals surface area contributed by atoms with Crippen molar-refractivity contribution in [2.45, 2.75) is 33.1 Å². The lowest BCUT2D eigenvalue weighted by Gasteiger charge is -2.15. The Morgan fingerprint density at radius 3 is 2.52 bits per heavy atom. The topological polar surface area (TPSA) is 85.9 Å². The SMILES string of the molecule is Cc1ccc(C(C)C)c(OCCCOc2ccc(C=NNC(N)=O)cc2)c1. The summed E-state index contributed by atoms with van der Waals surface area (Å²) in [5.74, 6) is 2.16. The summed E-state index contributed by atoms with van der Waals surface area (Å²) >= 11 is 0. The lowest BCUT2D eigenvalue weighted by Crippen LogP contribution is -2.24. The van der Waals surface area contributed by atoms with Gasteiger partial charge in [-0.2, -0.15) is 5.10 Å². The molecule has 0 aliphatic rings. The van der Waals surface area contributed by atoms with Crippen LogP contribution in [-0.2, 0) is 0 Å². The number of hydrogen-bond donors (Lipinski definition) is 2. The number of nitrogens with two attached hydrogens (primary N) is 1. The molecule has 144 valence electrons. The molecule has 0 fully saturated rings. The fourth-order valence-electron chi connectivity index (χ4n) is 2.50. The van der Waals surface area contributed by atoms with Gasteiger partial charge in [0.05, 0.1) is 19.4 Å². The Hall–Kier alpha value is -3.02. The van der Waals surface area contributed by atoms with Crippen LogP contribution in [0.1, 0.15) is 42.9 Å². The van der Waals surface area contributed by atoms with Gasteiger partial charge in [-0.25, -0.2) is 10.2 Å². The van der Waals surface area contributed by atoms with Crippen LogP contribution in [0.5, 0.6) is 11.5 Å². The molecule has 2 aromatic rings. The van der Waals surface area contributed by atoms with E-state index >= 15 is 0 Å². The van der Waals surface area contributed by atoms with Crippen LogP contribution < -0.4 is 20.6 Å². The number of hydrazone groups is 1. The van der Waals surface area contributed by atoms with Crippen LogP contribution in [0, 0.1) is 6.92 Å². The highest BCUT2D eigenvalue weighted by Crippen LogP contribution is 2.27. The van der Waals surface area contributed by atoms with Gasteiger partial charge in [0.25, 0.3) is 0 Å². The van der Waals surface area contributed by atoms with Crippen LogP contribution in [0.25, 0.3) is 0 Å². The molecule has 0 saturated carbocycles. The maximum atomic E-state index is 10.5. The van der Waals surface area contributed by atoms with Gasteiger partial charge >= 0.3 is 6.03 Å². The second kappa shape index (κ2) is 10.2. The fourth-order valence-corrected chi connectivity index (χ4v) is 2.50. The third kappa shape index (κ3) is 7.01. The van der Waals surface area contributed by atoms with Gasteiger partial charge in [-0.05, 0) is 59.9 Å². The molecule has 2 rings (SSSR count). The van der Waals surface area contributed by atoms with Crippen LogP contribution in [-0.4, -0.2) is 25.5 Å². The third-order valence-electron chi connectivity index (χ3n) is 3.87. The van der Waals surface area contributed by atoms with E-state index in [4.69, 9.17) is 15.2 Å². The second-order valence-corrected chi connectivity index (χ2v) is 6.55. The van der Waals surface area contributed by atoms with E-state index in [-0.39, 0.29) is 0 Å². The van der Waals surface area contributed by atoms with Crippen molar-refractivity contribution in [2.24, 2.45) is 10.8 Å². The van der Waals surface area contributed by atoms with Crippen molar-refractivity contribution in [3.8, 4) is 11.5 Å². The summed E-state index contributed by atoms with van der Waals surface area (Å²) in [6, 6.07) is 13.0. The molecule has 2 aromatic carbocycles. The van der Waals surface area contributed by atoms with Crippen LogP contribution in [0.4, 0.5) is 4.79 Å². The van der Waals surface area contributed by atoms with Crippen molar-refractivity contribution in [3.05, 3.63) is 59.2 Å². The van der Waals surface area contributed by atoms with Crippen molar-refractivity contribution in [1.29, 1.82) is 0 Å². The van der Waals surface area contributed by atoms with Crippen molar-refractivity contribution < 1.29 is 14.3 Å². The summed E-state index contributed by atoms with van der Waals surface area (Å²) in [4.78, 5) is 10.5. The number of nitrogens with zero attached hydrogens (tertiary/aromatic N) is 1. The number of rotatable bonds is 9. The number of ether oxygens (including phenoxy) is 2. The van der Waals surface area contributed by atoms with Crippen LogP contribution in [0.3, 0.4) is 0 Å². The van der Waals surface area contributed by atoms with Gasteiger partial charge < -0.3 is 15.2 Å². The molecule has 6 heteroatoms. The minimum absolute atomic E-state index is 0.428. The highest BCUT2D eigenvalue weighted by molar-refractivity contribution is 5.81. The monoisotopic (exact) mass is 369 g/mol. The largest absolute Gasteiger partial charge is 0.493 e. The molecule has 6 nitrogen and oxygen atoms in total. The van der Waals surface area contributed by atoms with E-state index in [2.05, 4.69) is 49.5 Å². The summed E-state index contributed by atoms with van der Waals surface area (Å²) in [5, 5.41) is 3.70. The number of primary amides is 1. The molecule has 0 atom stereocenters. The van der Waals surface area contributed by atoms with Crippen molar-refractivity contribution in [1.82, 2.24) is 5.43 Å². The molecule has 0 unspecified atom stereocenters. The first-order valence-corrected chi connectivity index (χ1v) is 9.00. The van der Waals surface area contributed by atoms with Gasteiger partial charge in [-0.15, -0.1) is 0 Å². The van der Waals surface area contributed by atoms with E-state index in [1.165, 1.54) is 17.3 Å². The lowest BCUT2D eigenvalue weighted by atomic mass is 10.0. The molecule has 0 heterocycles. The Bertz CT molecular complexity index is 771. The van der Waals surface area contributed by atoms with Crippen LogP contribution >= 0.6 is 0 Å². The van der Waals surface area contributed by atoms with Gasteiger partial charge in [0.2, 0.25) is 0 Å². The van der Waals surface area contributed by atoms with E-state index in [1.807, 2.05) is 24.3 Å². The first-order valence-electron chi connectivity index (χ1n) is 9.00. The second-order valence-electron chi connectivity index (χ2n) is 6.55. The molecule has 0 radical (unpaired) electrons. The number of aryl methyl sites for hydroxylation is 1. The summed E-state index contributed by atoms with van der Waals surface area (Å²) in [7, 11) is 0. The molecule has 27 heavy (non-hydrogen) atoms. The maximum Gasteiger partial charge on any atom is 0.332 e. The Balaban J connectivity index is 1.75. The minimum atomic E-state index is -0.695. The number of benzene rings is 2. The predicted octanol–water partition coefficient (Wildman–Crippen LogP) is 3.97. The molecule has 0 aliphatic heterocycles. The van der Waals surface area contributed by atoms with Gasteiger partial charge in [0.1, 0.15) is 11.5 Å². The van der Waals surface area contributed by atoms with E-state index in [0.29, 0.717) is 19.1 Å². The summed E-state index contributed by atoms with van der Waals surface area (Å²) in [6.07, 6.45) is 2.30. The van der Waals surface area contributed by atoms with E-state index in [1.54, 1.807) is 0 Å². The lowest BCUT2D eigenvalue weighted by molar-refractivity contribution is 0.245. The average molecular weight is 369 g/mol. The van der Waals surface area contributed by atoms with Crippen molar-refractivity contribution in [3.63, 3.8) is 0 Å². The average Bonchev–Trinajstić information content (AvgIpc) is 2.62. The molecule has 0 aromatic heterocycles. The van der Waals surface area contributed by atoms with Gasteiger partial charge in [0.15, 0.2) is 0 Å². The Morgan fingerprint density at radius 1 is 1.15 bits per heavy atom. The van der Waals surface area contributed by atoms with Gasteiger partial charge in [-0.3, -0.25) is 0 Å². The summed E-state index contributed by atoms with van der Waals surface area (Å²) < 4.78 is 11.7. The number of amides is 2. The molecule has 2 amide bonds. The zero-order valence-electron chi connectivity index (χ0n) is 16.1. The van der Waals surface area contributed by atoms with E-state index in [9.17, 15) is 4.79 Å². The number of carbonyl (C=O) groups excluding carboxylic acids is 1. The molecular formula is C21H27N3O3. The first kappa shape index (κ1) is 20.3. The Labute approximate surface area is 160 Å². The van der Waals surface area contributed by atoms with Gasteiger partial charge in [-0.1, -0.05) is 26.0 Å². The number of nitrogens with one attached hydrogen (secondary N) is 1. The fraction of sp³-hybridized carbons (Fsp3) is 0.333. The molecule has 3 N–H and O–H groups in total. The van der Waals surface area contributed by atoms with Crippen molar-refractivity contribution >= 4 is 12.2 Å². The highest BCUT2D eigenvalue weighted by Gasteiger charge is 2.08. The molecule has 0 aliphatic carbocycles. The predicted molar refractivity (Wildman–Crippen MR) is 108 cm³/mol. The number of hydrogen-bond acceptors (Lipinski definition) is 4. The maximum absolute atomic E-state index is 10.5. The Morgan fingerprint density at radius 2 is 1.85 bits per heavy atom. The minimum Gasteiger partial charge on any atom is -0.493 e. The van der Waals surface area contributed by atoms with E-state index in [0.717, 1.165) is 23.5 Å². The first-order chi connectivity index (χ1) is 13.0. The normalized spacial score (nSPS) is 11.0. The summed E-state index contributed by atoms with van der Waals surface area (Å²) in [5.41, 5.74) is 10.3. The van der Waals surface area contributed by atoms with Crippen LogP contribution in [0.2, 0.25) is 0 Å². The quantitative estimate of drug-likeness (QED) is 0.398. The third-order valence-corrected chi connectivity index (χ3v) is 3.87. The zero-order valence-corrected chi connectivity index (χ0v) is 16.1. The van der Waals surface area contributed by atoms with Crippen molar-refractivity contribution in [2.75, 3.05) is 13.2 Å². The van der Waals surface area contributed by atoms with Gasteiger partial charge in [0, 0.05) is 6.42 Å². The standard InChI is InChI=1S/C21H27N3O3/c1-15(2)19-10-5-16(3)13-20(19)27-12-4-11-26-18-8-6-17(7-9-18)14-23-24-21(22)25/h5-10,13-15H,4,11-12H2,1-3H3,(H3,22,24,25). The summed E-state index contributed by atoms with van der Waals surface area (Å²) in [6.45, 7) is 7.57.